The zero-order valence-corrected chi connectivity index (χ0v) is 29.6. The van der Waals surface area contributed by atoms with Crippen molar-refractivity contribution in [1.82, 2.24) is 4.90 Å². The zero-order chi connectivity index (χ0) is 35.3. The van der Waals surface area contributed by atoms with E-state index in [2.05, 4.69) is 141 Å². The Bertz CT molecular complexity index is 2500. The van der Waals surface area contributed by atoms with Gasteiger partial charge in [0.15, 0.2) is 37.2 Å². The van der Waals surface area contributed by atoms with Crippen molar-refractivity contribution in [2.24, 2.45) is 41.1 Å². The quantitative estimate of drug-likeness (QED) is 0.327. The van der Waals surface area contributed by atoms with Gasteiger partial charge in [-0.15, -0.1) is 0 Å². The third-order valence-corrected chi connectivity index (χ3v) is 9.81. The van der Waals surface area contributed by atoms with Crippen LogP contribution in [0.2, 0.25) is 0 Å². The minimum atomic E-state index is 0.670. The average Bonchev–Trinajstić information content (AvgIpc) is 3.99. The van der Waals surface area contributed by atoms with Gasteiger partial charge in [-0.25, -0.2) is 28.7 Å². The van der Waals surface area contributed by atoms with Crippen molar-refractivity contribution in [3.8, 4) is 0 Å². The first-order chi connectivity index (χ1) is 25.4. The second kappa shape index (κ2) is 12.6. The van der Waals surface area contributed by atoms with Gasteiger partial charge in [0.05, 0.1) is 45.6 Å². The van der Waals surface area contributed by atoms with Crippen LogP contribution in [0.4, 0.5) is 0 Å². The number of nitrogens with zero attached hydrogens (tertiary/aromatic N) is 8. The molecule has 8 heteroatoms. The average molecular weight is 678 g/mol. The molecule has 3 aromatic heterocycles. The highest BCUT2D eigenvalue weighted by molar-refractivity contribution is 6.37. The summed E-state index contributed by atoms with van der Waals surface area (Å²) >= 11 is 0. The van der Waals surface area contributed by atoms with E-state index in [1.54, 1.807) is 0 Å². The van der Waals surface area contributed by atoms with E-state index in [9.17, 15) is 0 Å². The molecule has 6 aliphatic heterocycles. The van der Waals surface area contributed by atoms with Crippen molar-refractivity contribution in [2.75, 3.05) is 7.05 Å². The lowest BCUT2D eigenvalue weighted by molar-refractivity contribution is -0.671. The summed E-state index contributed by atoms with van der Waals surface area (Å²) < 4.78 is 6.13. The minimum absolute atomic E-state index is 0.670. The lowest BCUT2D eigenvalue weighted by Crippen LogP contribution is -2.26. The first kappa shape index (κ1) is 31.3. The van der Waals surface area contributed by atoms with E-state index in [1.807, 2.05) is 46.8 Å². The number of fused-ring (bicyclic) bond motifs is 4. The number of hydrogen-bond donors (Lipinski definition) is 0. The van der Waals surface area contributed by atoms with Gasteiger partial charge in [-0.3, -0.25) is 4.99 Å². The van der Waals surface area contributed by atoms with E-state index < -0.39 is 0 Å². The molecule has 6 aliphatic rings. The highest BCUT2D eigenvalue weighted by Crippen LogP contribution is 2.39. The van der Waals surface area contributed by atoms with Gasteiger partial charge in [0, 0.05) is 84.6 Å². The third-order valence-electron chi connectivity index (χ3n) is 9.81. The molecule has 9 rings (SSSR count). The maximum absolute atomic E-state index is 5.41. The highest BCUT2D eigenvalue weighted by atomic mass is 15.0. The fraction of sp³-hybridized carbons (Fsp3) is 0.114. The van der Waals surface area contributed by atoms with Gasteiger partial charge in [0.2, 0.25) is 0 Å². The first-order valence-electron chi connectivity index (χ1n) is 17.4. The standard InChI is InChI=1S/C44H37N8/c1-49-21-13-29(14-22-49)41-33-5-7-35(45-33)42(30-15-23-50(2)24-16-30)37-9-11-39(47-37)44(32-19-27-52(4)28-20-32)40-12-10-38(48-40)43(36-8-6-34(41)46-36)31-17-25-51(3)26-18-31/h5-11,13-28H,12H2,1-4H3/q+3. The second-order valence-electron chi connectivity index (χ2n) is 13.5. The van der Waals surface area contributed by atoms with Crippen LogP contribution in [0.1, 0.15) is 23.1 Å². The fourth-order valence-corrected chi connectivity index (χ4v) is 7.08. The van der Waals surface area contributed by atoms with Crippen molar-refractivity contribution in [1.29, 1.82) is 0 Å². The number of rotatable bonds is 3. The molecule has 0 atom stereocenters. The first-order valence-corrected chi connectivity index (χ1v) is 17.4. The van der Waals surface area contributed by atoms with Gasteiger partial charge in [0.25, 0.3) is 0 Å². The normalized spacial score (nSPS) is 18.9. The lowest BCUT2D eigenvalue weighted by Gasteiger charge is -2.16. The number of allylic oxidation sites excluding steroid dienone is 14. The highest BCUT2D eigenvalue weighted by Gasteiger charge is 2.29. The number of hydrogen-bond acceptors (Lipinski definition) is 5. The molecule has 0 aliphatic carbocycles. The van der Waals surface area contributed by atoms with E-state index in [-0.39, 0.29) is 0 Å². The molecule has 3 aromatic rings. The molecular formula is C44H37N8+3. The summed E-state index contributed by atoms with van der Waals surface area (Å²) in [4.78, 5) is 23.5. The molecule has 0 saturated carbocycles. The van der Waals surface area contributed by atoms with Gasteiger partial charge in [-0.2, -0.15) is 0 Å². The Kier molecular flexibility index (Phi) is 7.58. The van der Waals surface area contributed by atoms with E-state index in [0.29, 0.717) is 6.42 Å². The Morgan fingerprint density at radius 1 is 0.481 bits per heavy atom. The van der Waals surface area contributed by atoms with Crippen LogP contribution in [0.15, 0.2) is 195 Å². The van der Waals surface area contributed by atoms with Gasteiger partial charge in [-0.1, -0.05) is 6.08 Å². The molecule has 9 heterocycles. The summed E-state index contributed by atoms with van der Waals surface area (Å²) in [7, 11) is 8.12. The predicted octanol–water partition coefficient (Wildman–Crippen LogP) is 5.74. The predicted molar refractivity (Wildman–Crippen MR) is 207 cm³/mol. The molecule has 52 heavy (non-hydrogen) atoms. The van der Waals surface area contributed by atoms with Crippen LogP contribution in [0, 0.1) is 0 Å². The molecule has 0 N–H and O–H groups in total. The Morgan fingerprint density at radius 2 is 0.904 bits per heavy atom. The van der Waals surface area contributed by atoms with Crippen LogP contribution in [0.5, 0.6) is 0 Å². The minimum Gasteiger partial charge on any atom is -0.357 e. The molecule has 250 valence electrons. The van der Waals surface area contributed by atoms with Crippen LogP contribution in [-0.4, -0.2) is 34.8 Å². The molecule has 0 spiro atoms. The van der Waals surface area contributed by atoms with E-state index >= 15 is 0 Å². The van der Waals surface area contributed by atoms with Crippen LogP contribution in [-0.2, 0) is 21.1 Å². The smallest absolute Gasteiger partial charge is 0.169 e. The van der Waals surface area contributed by atoms with Gasteiger partial charge in [0.1, 0.15) is 21.1 Å². The molecule has 8 nitrogen and oxygen atoms in total. The zero-order valence-electron chi connectivity index (χ0n) is 29.6. The van der Waals surface area contributed by atoms with Crippen molar-refractivity contribution in [3.63, 3.8) is 0 Å². The molecule has 8 bridgehead atoms. The number of aromatic nitrogens is 3. The number of pyridine rings is 3. The van der Waals surface area contributed by atoms with Crippen molar-refractivity contribution in [2.45, 2.75) is 6.42 Å². The SMILES string of the molecule is CN1C=CC(=C2C3=NC(=C(c4cc[n+](C)cc4)C4=CCC(=N4)C(c4cc[n+](C)cc4)=C4C=CC(=N4)C(c4cc[n+](C)cc4)=C4C=CC2=N4)C=C3)C=C1. The largest absolute Gasteiger partial charge is 0.357 e. The summed E-state index contributed by atoms with van der Waals surface area (Å²) in [5.41, 5.74) is 15.2. The van der Waals surface area contributed by atoms with E-state index in [1.165, 1.54) is 0 Å². The molecule has 0 aromatic carbocycles. The molecule has 0 saturated heterocycles. The topological polar surface area (TPSA) is 64.3 Å². The molecule has 0 amide bonds. The second-order valence-corrected chi connectivity index (χ2v) is 13.5. The van der Waals surface area contributed by atoms with Crippen molar-refractivity contribution < 1.29 is 13.7 Å². The number of aryl methyl sites for hydroxylation is 3. The number of aliphatic imine (C=N–C) groups is 4. The third kappa shape index (κ3) is 5.64. The summed E-state index contributed by atoms with van der Waals surface area (Å²) in [5.74, 6) is 0. The van der Waals surface area contributed by atoms with Gasteiger partial charge >= 0.3 is 0 Å². The monoisotopic (exact) mass is 677 g/mol. The summed E-state index contributed by atoms with van der Waals surface area (Å²) in [6.45, 7) is 0. The Morgan fingerprint density at radius 3 is 1.42 bits per heavy atom. The van der Waals surface area contributed by atoms with Crippen molar-refractivity contribution in [3.05, 3.63) is 191 Å². The summed E-state index contributed by atoms with van der Waals surface area (Å²) in [5, 5.41) is 0. The maximum Gasteiger partial charge on any atom is 0.169 e. The molecule has 0 radical (unpaired) electrons. The Balaban J connectivity index is 1.35. The van der Waals surface area contributed by atoms with Crippen LogP contribution in [0.3, 0.4) is 0 Å². The van der Waals surface area contributed by atoms with Crippen molar-refractivity contribution >= 4 is 39.6 Å². The molecule has 0 unspecified atom stereocenters. The van der Waals surface area contributed by atoms with Gasteiger partial charge in [-0.05, 0) is 70.9 Å². The summed E-state index contributed by atoms with van der Waals surface area (Å²) in [6, 6.07) is 12.8. The fourth-order valence-electron chi connectivity index (χ4n) is 7.08. The molecular weight excluding hydrogens is 641 g/mol. The Labute approximate surface area is 303 Å². The van der Waals surface area contributed by atoms with Crippen LogP contribution < -0.4 is 13.7 Å². The van der Waals surface area contributed by atoms with Crippen LogP contribution >= 0.6 is 0 Å². The lowest BCUT2D eigenvalue weighted by atomic mass is 9.97. The van der Waals surface area contributed by atoms with E-state index in [0.717, 1.165) is 90.2 Å². The summed E-state index contributed by atoms with van der Waals surface area (Å²) in [6.07, 6.45) is 36.4. The van der Waals surface area contributed by atoms with Gasteiger partial charge < -0.3 is 4.90 Å². The maximum atomic E-state index is 5.41. The van der Waals surface area contributed by atoms with E-state index in [4.69, 9.17) is 20.0 Å². The van der Waals surface area contributed by atoms with Crippen LogP contribution in [0.25, 0.3) is 16.7 Å². The molecule has 0 fully saturated rings. The Hall–Kier alpha value is -6.67.